The van der Waals surface area contributed by atoms with Gasteiger partial charge in [-0.25, -0.2) is 0 Å². The van der Waals surface area contributed by atoms with Gasteiger partial charge in [0, 0.05) is 31.2 Å². The smallest absolute Gasteiger partial charge is 0.0704 e. The summed E-state index contributed by atoms with van der Waals surface area (Å²) < 4.78 is 6.44. The average molecular weight is 318 g/mol. The highest BCUT2D eigenvalue weighted by Gasteiger charge is 2.22. The number of fused-ring (bicyclic) bond motifs is 1. The van der Waals surface area contributed by atoms with Crippen LogP contribution in [0.4, 0.5) is 0 Å². The van der Waals surface area contributed by atoms with Gasteiger partial charge in [0.2, 0.25) is 0 Å². The Bertz CT molecular complexity index is 366. The van der Waals surface area contributed by atoms with Gasteiger partial charge in [-0.05, 0) is 52.7 Å². The fraction of sp³-hybridized carbons (Fsp3) is 0.692. The van der Waals surface area contributed by atoms with Crippen molar-refractivity contribution in [2.75, 3.05) is 20.3 Å². The fourth-order valence-corrected chi connectivity index (χ4v) is 4.24. The van der Waals surface area contributed by atoms with E-state index in [4.69, 9.17) is 4.74 Å². The molecule has 0 aliphatic heterocycles. The Hall–Kier alpha value is 0.100. The third-order valence-corrected chi connectivity index (χ3v) is 4.96. The Kier molecular flexibility index (Phi) is 5.03. The molecule has 1 aromatic heterocycles. The molecule has 2 unspecified atom stereocenters. The number of methoxy groups -OCH3 is 1. The molecule has 0 amide bonds. The number of thiophene rings is 1. The van der Waals surface area contributed by atoms with Crippen LogP contribution in [0.5, 0.6) is 0 Å². The molecule has 0 spiro atoms. The van der Waals surface area contributed by atoms with E-state index in [9.17, 15) is 0 Å². The fourth-order valence-electron chi connectivity index (χ4n) is 2.42. The molecular formula is C13H20BrNOS. The highest BCUT2D eigenvalue weighted by Crippen LogP contribution is 2.37. The Labute approximate surface area is 116 Å². The molecule has 2 rings (SSSR count). The van der Waals surface area contributed by atoms with Gasteiger partial charge in [-0.1, -0.05) is 6.92 Å². The largest absolute Gasteiger partial charge is 0.384 e. The normalized spacial score (nSPS) is 21.2. The molecule has 0 fully saturated rings. The second kappa shape index (κ2) is 6.32. The van der Waals surface area contributed by atoms with Crippen LogP contribution in [0.2, 0.25) is 0 Å². The van der Waals surface area contributed by atoms with Crippen molar-refractivity contribution < 1.29 is 4.74 Å². The van der Waals surface area contributed by atoms with Gasteiger partial charge in [-0.15, -0.1) is 11.3 Å². The predicted octanol–water partition coefficient (Wildman–Crippen LogP) is 3.76. The number of hydrogen-bond donors (Lipinski definition) is 1. The van der Waals surface area contributed by atoms with Crippen molar-refractivity contribution in [2.24, 2.45) is 5.92 Å². The molecule has 0 radical (unpaired) electrons. The van der Waals surface area contributed by atoms with Crippen LogP contribution < -0.4 is 5.32 Å². The summed E-state index contributed by atoms with van der Waals surface area (Å²) in [6.45, 7) is 4.09. The standard InChI is InChI=1S/C13H20BrNOS/c1-9(8-16-2)7-15-11-4-3-5-12-10(11)6-13(14)17-12/h6,9,11,15H,3-5,7-8H2,1-2H3. The quantitative estimate of drug-likeness (QED) is 0.892. The van der Waals surface area contributed by atoms with Crippen LogP contribution in [0.3, 0.4) is 0 Å². The molecule has 1 aliphatic carbocycles. The van der Waals surface area contributed by atoms with Crippen molar-refractivity contribution in [3.05, 3.63) is 20.3 Å². The molecule has 96 valence electrons. The van der Waals surface area contributed by atoms with Crippen LogP contribution in [0.1, 0.15) is 36.2 Å². The van der Waals surface area contributed by atoms with E-state index in [1.165, 1.54) is 28.6 Å². The first kappa shape index (κ1) is 13.5. The average Bonchev–Trinajstić information content (AvgIpc) is 2.67. The molecule has 1 aromatic rings. The summed E-state index contributed by atoms with van der Waals surface area (Å²) in [4.78, 5) is 1.56. The third kappa shape index (κ3) is 3.53. The van der Waals surface area contributed by atoms with Crippen LogP contribution in [0.15, 0.2) is 9.85 Å². The van der Waals surface area contributed by atoms with Crippen LogP contribution in [-0.4, -0.2) is 20.3 Å². The molecule has 2 nitrogen and oxygen atoms in total. The molecule has 17 heavy (non-hydrogen) atoms. The zero-order valence-corrected chi connectivity index (χ0v) is 12.9. The number of halogens is 1. The van der Waals surface area contributed by atoms with E-state index in [0.717, 1.165) is 13.2 Å². The van der Waals surface area contributed by atoms with Crippen molar-refractivity contribution in [1.29, 1.82) is 0 Å². The molecular weight excluding hydrogens is 298 g/mol. The predicted molar refractivity (Wildman–Crippen MR) is 76.7 cm³/mol. The van der Waals surface area contributed by atoms with E-state index < -0.39 is 0 Å². The first-order valence-corrected chi connectivity index (χ1v) is 7.82. The number of rotatable bonds is 5. The highest BCUT2D eigenvalue weighted by molar-refractivity contribution is 9.11. The highest BCUT2D eigenvalue weighted by atomic mass is 79.9. The zero-order chi connectivity index (χ0) is 12.3. The lowest BCUT2D eigenvalue weighted by molar-refractivity contribution is 0.156. The van der Waals surface area contributed by atoms with E-state index in [2.05, 4.69) is 34.2 Å². The summed E-state index contributed by atoms with van der Waals surface area (Å²) in [7, 11) is 1.77. The second-order valence-electron chi connectivity index (χ2n) is 4.84. The molecule has 1 heterocycles. The van der Waals surface area contributed by atoms with Crippen molar-refractivity contribution >= 4 is 27.3 Å². The summed E-state index contributed by atoms with van der Waals surface area (Å²) >= 11 is 5.49. The van der Waals surface area contributed by atoms with Crippen molar-refractivity contribution in [3.63, 3.8) is 0 Å². The van der Waals surface area contributed by atoms with Gasteiger partial charge in [0.05, 0.1) is 3.79 Å². The maximum atomic E-state index is 5.17. The van der Waals surface area contributed by atoms with Crippen molar-refractivity contribution in [3.8, 4) is 0 Å². The summed E-state index contributed by atoms with van der Waals surface area (Å²) in [5.41, 5.74) is 1.51. The summed E-state index contributed by atoms with van der Waals surface area (Å²) in [5.74, 6) is 0.576. The molecule has 0 saturated carbocycles. The Balaban J connectivity index is 1.94. The molecule has 1 aliphatic rings. The second-order valence-corrected chi connectivity index (χ2v) is 7.36. The minimum Gasteiger partial charge on any atom is -0.384 e. The minimum atomic E-state index is 0.542. The molecule has 0 bridgehead atoms. The first-order valence-electron chi connectivity index (χ1n) is 6.21. The van der Waals surface area contributed by atoms with Gasteiger partial charge in [0.25, 0.3) is 0 Å². The van der Waals surface area contributed by atoms with E-state index in [0.29, 0.717) is 12.0 Å². The maximum Gasteiger partial charge on any atom is 0.0704 e. The minimum absolute atomic E-state index is 0.542. The lowest BCUT2D eigenvalue weighted by Crippen LogP contribution is -2.29. The maximum absolute atomic E-state index is 5.17. The van der Waals surface area contributed by atoms with Gasteiger partial charge in [-0.2, -0.15) is 0 Å². The Morgan fingerprint density at radius 3 is 3.24 bits per heavy atom. The van der Waals surface area contributed by atoms with E-state index in [-0.39, 0.29) is 0 Å². The van der Waals surface area contributed by atoms with Crippen LogP contribution in [0.25, 0.3) is 0 Å². The number of ether oxygens (including phenoxy) is 1. The molecule has 1 N–H and O–H groups in total. The van der Waals surface area contributed by atoms with E-state index >= 15 is 0 Å². The monoisotopic (exact) mass is 317 g/mol. The van der Waals surface area contributed by atoms with Gasteiger partial charge >= 0.3 is 0 Å². The van der Waals surface area contributed by atoms with Gasteiger partial charge in [0.1, 0.15) is 0 Å². The van der Waals surface area contributed by atoms with Gasteiger partial charge < -0.3 is 10.1 Å². The summed E-state index contributed by atoms with van der Waals surface area (Å²) in [6.07, 6.45) is 3.81. The summed E-state index contributed by atoms with van der Waals surface area (Å²) in [6, 6.07) is 2.83. The summed E-state index contributed by atoms with van der Waals surface area (Å²) in [5, 5.41) is 3.68. The van der Waals surface area contributed by atoms with Crippen LogP contribution in [0, 0.1) is 5.92 Å². The topological polar surface area (TPSA) is 21.3 Å². The third-order valence-electron chi connectivity index (χ3n) is 3.25. The van der Waals surface area contributed by atoms with E-state index in [1.54, 1.807) is 12.0 Å². The van der Waals surface area contributed by atoms with Crippen molar-refractivity contribution in [1.82, 2.24) is 5.32 Å². The number of hydrogen-bond acceptors (Lipinski definition) is 3. The Morgan fingerprint density at radius 2 is 2.47 bits per heavy atom. The van der Waals surface area contributed by atoms with Gasteiger partial charge in [0.15, 0.2) is 0 Å². The van der Waals surface area contributed by atoms with Crippen LogP contribution >= 0.6 is 27.3 Å². The Morgan fingerprint density at radius 1 is 1.65 bits per heavy atom. The lowest BCUT2D eigenvalue weighted by Gasteiger charge is -2.25. The SMILES string of the molecule is COCC(C)CNC1CCCc2sc(Br)cc21. The van der Waals surface area contributed by atoms with Crippen LogP contribution in [-0.2, 0) is 11.2 Å². The van der Waals surface area contributed by atoms with Gasteiger partial charge in [-0.3, -0.25) is 0 Å². The molecule has 2 atom stereocenters. The number of nitrogens with one attached hydrogen (secondary N) is 1. The number of aryl methyl sites for hydroxylation is 1. The zero-order valence-electron chi connectivity index (χ0n) is 10.5. The van der Waals surface area contributed by atoms with Crippen molar-refractivity contribution in [2.45, 2.75) is 32.2 Å². The lowest BCUT2D eigenvalue weighted by atomic mass is 9.94. The van der Waals surface area contributed by atoms with E-state index in [1.807, 2.05) is 11.3 Å². The molecule has 0 aromatic carbocycles. The molecule has 4 heteroatoms. The molecule has 0 saturated heterocycles. The first-order chi connectivity index (χ1) is 8.20.